The molecule has 7 N–H and O–H groups in total. The van der Waals surface area contributed by atoms with E-state index in [4.69, 9.17) is 40.5 Å². The molecule has 0 aliphatic heterocycles. The van der Waals surface area contributed by atoms with E-state index in [0.29, 0.717) is 5.56 Å². The quantitative estimate of drug-likeness (QED) is 0.242. The van der Waals surface area contributed by atoms with Gasteiger partial charge in [-0.05, 0) is 36.4 Å². The van der Waals surface area contributed by atoms with Crippen molar-refractivity contribution < 1.29 is 68.1 Å². The molecule has 11 nitrogen and oxygen atoms in total. The Labute approximate surface area is 205 Å². The van der Waals surface area contributed by atoms with Crippen LogP contribution >= 0.6 is 0 Å². The minimum Gasteiger partial charge on any atom is -0.507 e. The molecule has 0 aliphatic carbocycles. The Hall–Kier alpha value is -5.27. The molecule has 0 spiro atoms. The lowest BCUT2D eigenvalue weighted by atomic mass is 10.2. The topological polar surface area (TPSA) is 210 Å². The maximum atomic E-state index is 10.6. The molecule has 198 valence electrons. The summed E-state index contributed by atoms with van der Waals surface area (Å²) in [7, 11) is 0. The normalized spacial score (nSPS) is 9.59. The molecule has 14 heteroatoms. The number of aromatic carboxylic acids is 3. The summed E-state index contributed by atoms with van der Waals surface area (Å²) in [6.07, 6.45) is -5.08. The van der Waals surface area contributed by atoms with Crippen molar-refractivity contribution in [1.29, 1.82) is 0 Å². The summed E-state index contributed by atoms with van der Waals surface area (Å²) in [4.78, 5) is 39.7. The number of halogens is 3. The average molecular weight is 528 g/mol. The van der Waals surface area contributed by atoms with Gasteiger partial charge in [0.1, 0.15) is 16.9 Å². The van der Waals surface area contributed by atoms with Crippen LogP contribution < -0.4 is 0 Å². The zero-order valence-electron chi connectivity index (χ0n) is 18.3. The Morgan fingerprint density at radius 3 is 1.27 bits per heavy atom. The van der Waals surface area contributed by atoms with E-state index in [2.05, 4.69) is 0 Å². The molecule has 37 heavy (non-hydrogen) atoms. The molecule has 0 radical (unpaired) electrons. The van der Waals surface area contributed by atoms with E-state index >= 15 is 0 Å². The van der Waals surface area contributed by atoms with E-state index in [1.165, 1.54) is 30.3 Å². The molecule has 3 aromatic rings. The van der Waals surface area contributed by atoms with Gasteiger partial charge in [-0.3, -0.25) is 0 Å². The first-order valence-electron chi connectivity index (χ1n) is 9.43. The van der Waals surface area contributed by atoms with Crippen LogP contribution in [0, 0.1) is 0 Å². The Kier molecular flexibility index (Phi) is 12.8. The fourth-order valence-corrected chi connectivity index (χ4v) is 1.94. The zero-order chi connectivity index (χ0) is 28.8. The molecule has 0 atom stereocenters. The van der Waals surface area contributed by atoms with E-state index in [0.717, 1.165) is 0 Å². The van der Waals surface area contributed by atoms with Crippen LogP contribution in [0.4, 0.5) is 13.2 Å². The number of phenolic OH excluding ortho intramolecular Hbond substituents is 1. The molecule has 0 heterocycles. The highest BCUT2D eigenvalue weighted by Gasteiger charge is 2.38. The molecule has 0 saturated heterocycles. The van der Waals surface area contributed by atoms with Gasteiger partial charge in [0.15, 0.2) is 11.5 Å². The Bertz CT molecular complexity index is 1210. The second kappa shape index (κ2) is 14.9. The Morgan fingerprint density at radius 2 is 0.946 bits per heavy atom. The van der Waals surface area contributed by atoms with Crippen LogP contribution in [-0.2, 0) is 4.79 Å². The highest BCUT2D eigenvalue weighted by atomic mass is 19.4. The maximum Gasteiger partial charge on any atom is 0.490 e. The molecule has 0 amide bonds. The molecule has 3 aromatic carbocycles. The van der Waals surface area contributed by atoms with Gasteiger partial charge in [-0.25, -0.2) is 19.2 Å². The van der Waals surface area contributed by atoms with Gasteiger partial charge in [0.05, 0.1) is 5.56 Å². The number of hydrogen-bond acceptors (Lipinski definition) is 7. The molecule has 0 fully saturated rings. The average Bonchev–Trinajstić information content (AvgIpc) is 2.82. The van der Waals surface area contributed by atoms with Crippen LogP contribution in [0.25, 0.3) is 0 Å². The van der Waals surface area contributed by atoms with E-state index in [1.54, 1.807) is 42.5 Å². The monoisotopic (exact) mass is 528 g/mol. The lowest BCUT2D eigenvalue weighted by molar-refractivity contribution is -0.192. The molecular weight excluding hydrogens is 509 g/mol. The molecular formula is C23H19F3O11. The summed E-state index contributed by atoms with van der Waals surface area (Å²) in [5, 5.41) is 59.0. The van der Waals surface area contributed by atoms with Crippen molar-refractivity contribution in [2.24, 2.45) is 0 Å². The minimum atomic E-state index is -5.08. The third-order valence-corrected chi connectivity index (χ3v) is 3.64. The van der Waals surface area contributed by atoms with Crippen LogP contribution in [0.2, 0.25) is 0 Å². The predicted octanol–water partition coefficient (Wildman–Crippen LogP) is 3.90. The van der Waals surface area contributed by atoms with Crippen molar-refractivity contribution in [3.63, 3.8) is 0 Å². The molecule has 0 unspecified atom stereocenters. The fourth-order valence-electron chi connectivity index (χ4n) is 1.94. The summed E-state index contributed by atoms with van der Waals surface area (Å²) >= 11 is 0. The van der Waals surface area contributed by atoms with Gasteiger partial charge in [-0.15, -0.1) is 0 Å². The van der Waals surface area contributed by atoms with Crippen molar-refractivity contribution >= 4 is 23.9 Å². The summed E-state index contributed by atoms with van der Waals surface area (Å²) < 4.78 is 31.7. The molecule has 0 bridgehead atoms. The lowest BCUT2D eigenvalue weighted by Gasteiger charge is -1.99. The highest BCUT2D eigenvalue weighted by molar-refractivity contribution is 5.91. The largest absolute Gasteiger partial charge is 0.507 e. The van der Waals surface area contributed by atoms with Gasteiger partial charge in [0.25, 0.3) is 0 Å². The lowest BCUT2D eigenvalue weighted by Crippen LogP contribution is -2.21. The first kappa shape index (κ1) is 31.7. The number of para-hydroxylation sites is 2. The van der Waals surface area contributed by atoms with E-state index in [-0.39, 0.29) is 16.9 Å². The van der Waals surface area contributed by atoms with Gasteiger partial charge in [-0.2, -0.15) is 13.2 Å². The van der Waals surface area contributed by atoms with Gasteiger partial charge in [0, 0.05) is 0 Å². The number of carboxylic acid groups (broad SMARTS) is 4. The SMILES string of the molecule is O=C(O)C(F)(F)F.O=C(O)c1cccc(O)c1O.O=C(O)c1ccccc1.O=C(O)c1ccccc1O. The van der Waals surface area contributed by atoms with Gasteiger partial charge in [-0.1, -0.05) is 36.4 Å². The third kappa shape index (κ3) is 12.1. The van der Waals surface area contributed by atoms with E-state index in [1.807, 2.05) is 0 Å². The van der Waals surface area contributed by atoms with Gasteiger partial charge >= 0.3 is 30.1 Å². The van der Waals surface area contributed by atoms with Gasteiger partial charge in [0.2, 0.25) is 0 Å². The van der Waals surface area contributed by atoms with Gasteiger partial charge < -0.3 is 35.7 Å². The summed E-state index contributed by atoms with van der Waals surface area (Å²) in [6, 6.07) is 17.9. The number of aliphatic carboxylic acids is 1. The molecule has 0 aromatic heterocycles. The number of carbonyl (C=O) groups is 4. The Morgan fingerprint density at radius 1 is 0.541 bits per heavy atom. The summed E-state index contributed by atoms with van der Waals surface area (Å²) in [5.41, 5.74) is -0.0370. The summed E-state index contributed by atoms with van der Waals surface area (Å²) in [6.45, 7) is 0. The van der Waals surface area contributed by atoms with Crippen molar-refractivity contribution in [2.45, 2.75) is 6.18 Å². The van der Waals surface area contributed by atoms with Crippen molar-refractivity contribution in [1.82, 2.24) is 0 Å². The highest BCUT2D eigenvalue weighted by Crippen LogP contribution is 2.27. The number of hydrogen-bond donors (Lipinski definition) is 7. The van der Waals surface area contributed by atoms with Crippen LogP contribution in [0.1, 0.15) is 31.1 Å². The van der Waals surface area contributed by atoms with E-state index < -0.39 is 41.6 Å². The first-order valence-corrected chi connectivity index (χ1v) is 9.43. The summed E-state index contributed by atoms with van der Waals surface area (Å²) in [5.74, 6) is -7.24. The second-order valence-electron chi connectivity index (χ2n) is 6.27. The van der Waals surface area contributed by atoms with Crippen molar-refractivity contribution in [3.8, 4) is 17.2 Å². The van der Waals surface area contributed by atoms with Crippen LogP contribution in [-0.4, -0.2) is 65.8 Å². The number of aromatic hydroxyl groups is 3. The maximum absolute atomic E-state index is 10.6. The molecule has 3 rings (SSSR count). The minimum absolute atomic E-state index is 0.0671. The number of alkyl halides is 3. The fraction of sp³-hybridized carbons (Fsp3) is 0.0435. The van der Waals surface area contributed by atoms with Crippen LogP contribution in [0.3, 0.4) is 0 Å². The number of benzene rings is 3. The van der Waals surface area contributed by atoms with Crippen molar-refractivity contribution in [3.05, 3.63) is 89.5 Å². The number of carboxylic acids is 4. The first-order chi connectivity index (χ1) is 17.1. The molecule has 0 saturated carbocycles. The number of rotatable bonds is 3. The van der Waals surface area contributed by atoms with Crippen LogP contribution in [0.5, 0.6) is 17.2 Å². The van der Waals surface area contributed by atoms with E-state index in [9.17, 15) is 27.6 Å². The third-order valence-electron chi connectivity index (χ3n) is 3.64. The number of phenols is 3. The predicted molar refractivity (Wildman–Crippen MR) is 119 cm³/mol. The molecule has 0 aliphatic rings. The second-order valence-corrected chi connectivity index (χ2v) is 6.27. The van der Waals surface area contributed by atoms with Crippen molar-refractivity contribution in [2.75, 3.05) is 0 Å². The Balaban J connectivity index is 0.000000473. The smallest absolute Gasteiger partial charge is 0.490 e. The zero-order valence-corrected chi connectivity index (χ0v) is 18.3. The standard InChI is InChI=1S/C7H6O4.C7H6O3.C7H6O2.C2HF3O2/c8-5-3-1-2-4(6(5)9)7(10)11;8-6-4-2-1-3-5(6)7(9)10;8-7(9)6-4-2-1-3-5-6;3-2(4,5)1(6)7/h1-3,8-9H,(H,10,11);1-4,8H,(H,9,10);1-5H,(H,8,9);(H,6,7). The van der Waals surface area contributed by atoms with Crippen LogP contribution in [0.15, 0.2) is 72.8 Å².